The van der Waals surface area contributed by atoms with E-state index < -0.39 is 11.4 Å². The maximum absolute atomic E-state index is 13.8. The first-order valence-corrected chi connectivity index (χ1v) is 10.5. The molecular formula is C24H24FN3O3. The number of hydrogen-bond donors (Lipinski definition) is 2. The third-order valence-corrected chi connectivity index (χ3v) is 6.11. The van der Waals surface area contributed by atoms with Crippen LogP contribution in [0, 0.1) is 5.82 Å². The van der Waals surface area contributed by atoms with Crippen LogP contribution < -0.4 is 10.2 Å². The highest BCUT2D eigenvalue weighted by Crippen LogP contribution is 2.44. The van der Waals surface area contributed by atoms with E-state index in [1.165, 1.54) is 12.1 Å². The Morgan fingerprint density at radius 1 is 1.23 bits per heavy atom. The van der Waals surface area contributed by atoms with E-state index in [9.17, 15) is 14.3 Å². The van der Waals surface area contributed by atoms with Gasteiger partial charge < -0.3 is 20.1 Å². The maximum Gasteiger partial charge on any atom is 0.260 e. The number of piperidine rings is 1. The molecule has 1 amide bonds. The summed E-state index contributed by atoms with van der Waals surface area (Å²) in [5.41, 5.74) is 2.56. The fourth-order valence-electron chi connectivity index (χ4n) is 4.43. The lowest BCUT2D eigenvalue weighted by atomic mass is 9.93. The lowest BCUT2D eigenvalue weighted by Crippen LogP contribution is -2.36. The van der Waals surface area contributed by atoms with Crippen molar-refractivity contribution in [1.82, 2.24) is 4.98 Å². The van der Waals surface area contributed by atoms with E-state index >= 15 is 0 Å². The molecule has 5 rings (SSSR count). The summed E-state index contributed by atoms with van der Waals surface area (Å²) in [4.78, 5) is 19.4. The number of aliphatic hydroxyl groups excluding tert-OH is 1. The predicted octanol–water partition coefficient (Wildman–Crippen LogP) is 3.74. The molecule has 0 atom stereocenters. The topological polar surface area (TPSA) is 74.7 Å². The highest BCUT2D eigenvalue weighted by molar-refractivity contribution is 6.32. The van der Waals surface area contributed by atoms with Gasteiger partial charge in [0.2, 0.25) is 0 Å². The lowest BCUT2D eigenvalue weighted by Gasteiger charge is -2.30. The quantitative estimate of drug-likeness (QED) is 0.723. The number of aliphatic hydroxyl groups is 1. The molecule has 1 aromatic heterocycles. The molecule has 2 aromatic rings. The van der Waals surface area contributed by atoms with Crippen molar-refractivity contribution in [1.29, 1.82) is 0 Å². The molecule has 0 spiro atoms. The van der Waals surface area contributed by atoms with Gasteiger partial charge in [-0.2, -0.15) is 0 Å². The minimum absolute atomic E-state index is 0.227. The molecule has 0 saturated carbocycles. The average molecular weight is 421 g/mol. The molecule has 7 heteroatoms. The Labute approximate surface area is 180 Å². The number of pyridine rings is 1. The van der Waals surface area contributed by atoms with Gasteiger partial charge in [0.25, 0.3) is 5.91 Å². The summed E-state index contributed by atoms with van der Waals surface area (Å²) in [6, 6.07) is 8.21. The number of nitrogens with zero attached hydrogens (tertiary/aromatic N) is 2. The molecule has 0 radical (unpaired) electrons. The van der Waals surface area contributed by atoms with Crippen molar-refractivity contribution >= 4 is 28.6 Å². The summed E-state index contributed by atoms with van der Waals surface area (Å²) in [5, 5.41) is 12.5. The van der Waals surface area contributed by atoms with Gasteiger partial charge in [-0.05, 0) is 63.1 Å². The molecule has 3 aliphatic rings. The molecule has 0 bridgehead atoms. The fraction of sp³-hybridized carbons (Fsp3) is 0.333. The molecule has 0 unspecified atom stereocenters. The van der Waals surface area contributed by atoms with Crippen LogP contribution in [0.5, 0.6) is 0 Å². The second-order valence-electron chi connectivity index (χ2n) is 8.68. The molecule has 1 saturated heterocycles. The molecule has 31 heavy (non-hydrogen) atoms. The Morgan fingerprint density at radius 2 is 2.00 bits per heavy atom. The van der Waals surface area contributed by atoms with E-state index in [4.69, 9.17) is 4.74 Å². The summed E-state index contributed by atoms with van der Waals surface area (Å²) in [7, 11) is 0. The minimum atomic E-state index is -0.670. The van der Waals surface area contributed by atoms with Crippen LogP contribution in [0.25, 0.3) is 11.1 Å². The molecule has 3 aliphatic heterocycles. The monoisotopic (exact) mass is 421 g/mol. The van der Waals surface area contributed by atoms with Gasteiger partial charge in [0.1, 0.15) is 23.0 Å². The Hall–Kier alpha value is -3.19. The summed E-state index contributed by atoms with van der Waals surface area (Å²) >= 11 is 0. The third-order valence-electron chi connectivity index (χ3n) is 6.11. The predicted molar refractivity (Wildman–Crippen MR) is 117 cm³/mol. The number of amides is 1. The molecular weight excluding hydrogens is 397 g/mol. The van der Waals surface area contributed by atoms with Gasteiger partial charge >= 0.3 is 0 Å². The Kier molecular flexibility index (Phi) is 4.59. The number of allylic oxidation sites excluding steroid dienone is 1. The first kappa shape index (κ1) is 19.8. The van der Waals surface area contributed by atoms with Gasteiger partial charge in [-0.25, -0.2) is 9.37 Å². The number of hydrogen-bond acceptors (Lipinski definition) is 5. The van der Waals surface area contributed by atoms with Crippen molar-refractivity contribution in [3.63, 3.8) is 0 Å². The number of benzene rings is 1. The highest BCUT2D eigenvalue weighted by atomic mass is 19.1. The van der Waals surface area contributed by atoms with Crippen LogP contribution in [0.4, 0.5) is 15.9 Å². The number of rotatable bonds is 2. The van der Waals surface area contributed by atoms with E-state index in [0.717, 1.165) is 42.9 Å². The van der Waals surface area contributed by atoms with Gasteiger partial charge in [0, 0.05) is 41.7 Å². The standard InChI is InChI=1S/C24H24FN3O3/c1-24(2)18(14-3-6-21(26-13-14)28-9-7-16(29)8-10-28)12-20(31-24)22-17-11-15(25)4-5-19(17)27-23(22)30/h3-6,11-13,16,29H,7-10H2,1-2H3,(H,27,30)/b22-20+. The van der Waals surface area contributed by atoms with Gasteiger partial charge in [-0.3, -0.25) is 4.79 Å². The summed E-state index contributed by atoms with van der Waals surface area (Å²) in [5.74, 6) is 0.603. The van der Waals surface area contributed by atoms with Crippen molar-refractivity contribution in [3.8, 4) is 0 Å². The number of carbonyl (C=O) groups excluding carboxylic acids is 1. The van der Waals surface area contributed by atoms with Gasteiger partial charge in [0.15, 0.2) is 0 Å². The number of ether oxygens (including phenoxy) is 1. The van der Waals surface area contributed by atoms with Crippen LogP contribution in [0.3, 0.4) is 0 Å². The number of aromatic nitrogens is 1. The molecule has 4 heterocycles. The summed E-state index contributed by atoms with van der Waals surface area (Å²) < 4.78 is 20.0. The number of anilines is 2. The van der Waals surface area contributed by atoms with Crippen LogP contribution in [-0.2, 0) is 9.53 Å². The van der Waals surface area contributed by atoms with Crippen molar-refractivity contribution in [2.45, 2.75) is 38.4 Å². The lowest BCUT2D eigenvalue weighted by molar-refractivity contribution is -0.111. The Balaban J connectivity index is 1.49. The summed E-state index contributed by atoms with van der Waals surface area (Å²) in [6.07, 6.45) is 4.93. The molecule has 160 valence electrons. The molecule has 6 nitrogen and oxygen atoms in total. The average Bonchev–Trinajstić information content (AvgIpc) is 3.23. The SMILES string of the molecule is CC1(C)O/C(=C2/C(=O)Nc3ccc(F)cc32)C=C1c1ccc(N2CCC(O)CC2)nc1. The van der Waals surface area contributed by atoms with E-state index in [2.05, 4.69) is 15.2 Å². The summed E-state index contributed by atoms with van der Waals surface area (Å²) in [6.45, 7) is 5.44. The first-order valence-electron chi connectivity index (χ1n) is 10.5. The number of fused-ring (bicyclic) bond motifs is 1. The molecule has 2 N–H and O–H groups in total. The van der Waals surface area contributed by atoms with Crippen molar-refractivity contribution in [3.05, 3.63) is 65.3 Å². The number of carbonyl (C=O) groups is 1. The Bertz CT molecular complexity index is 1110. The largest absolute Gasteiger partial charge is 0.482 e. The van der Waals surface area contributed by atoms with Gasteiger partial charge in [-0.1, -0.05) is 0 Å². The smallest absolute Gasteiger partial charge is 0.260 e. The van der Waals surface area contributed by atoms with Crippen molar-refractivity contribution in [2.24, 2.45) is 0 Å². The number of halogens is 1. The van der Waals surface area contributed by atoms with E-state index in [-0.39, 0.29) is 12.0 Å². The fourth-order valence-corrected chi connectivity index (χ4v) is 4.43. The Morgan fingerprint density at radius 3 is 2.71 bits per heavy atom. The molecule has 0 aliphatic carbocycles. The third kappa shape index (κ3) is 3.49. The van der Waals surface area contributed by atoms with E-state index in [1.807, 2.05) is 38.3 Å². The minimum Gasteiger partial charge on any atom is -0.482 e. The molecule has 1 fully saturated rings. The van der Waals surface area contributed by atoms with Gasteiger partial charge in [0.05, 0.1) is 11.7 Å². The van der Waals surface area contributed by atoms with Crippen molar-refractivity contribution < 1.29 is 19.0 Å². The number of nitrogens with one attached hydrogen (secondary N) is 1. The van der Waals surface area contributed by atoms with Gasteiger partial charge in [-0.15, -0.1) is 0 Å². The van der Waals surface area contributed by atoms with Crippen molar-refractivity contribution in [2.75, 3.05) is 23.3 Å². The zero-order chi connectivity index (χ0) is 21.8. The van der Waals surface area contributed by atoms with Crippen LogP contribution in [0.15, 0.2) is 48.4 Å². The first-order chi connectivity index (χ1) is 14.8. The zero-order valence-electron chi connectivity index (χ0n) is 17.5. The van der Waals surface area contributed by atoms with Crippen LogP contribution >= 0.6 is 0 Å². The normalized spacial score (nSPS) is 22.8. The highest BCUT2D eigenvalue weighted by Gasteiger charge is 2.38. The maximum atomic E-state index is 13.8. The van der Waals surface area contributed by atoms with Crippen LogP contribution in [-0.4, -0.2) is 40.8 Å². The second kappa shape index (κ2) is 7.20. The van der Waals surface area contributed by atoms with E-state index in [1.54, 1.807) is 6.07 Å². The zero-order valence-corrected chi connectivity index (χ0v) is 17.5. The van der Waals surface area contributed by atoms with Crippen LogP contribution in [0.2, 0.25) is 0 Å². The second-order valence-corrected chi connectivity index (χ2v) is 8.68. The van der Waals surface area contributed by atoms with Crippen LogP contribution in [0.1, 0.15) is 37.8 Å². The molecule has 1 aromatic carbocycles. The van der Waals surface area contributed by atoms with E-state index in [0.29, 0.717) is 22.6 Å².